The van der Waals surface area contributed by atoms with Gasteiger partial charge in [-0.3, -0.25) is 0 Å². The van der Waals surface area contributed by atoms with Crippen LogP contribution < -0.4 is 15.2 Å². The maximum absolute atomic E-state index is 5.70. The summed E-state index contributed by atoms with van der Waals surface area (Å²) in [4.78, 5) is 0.320. The Kier molecular flexibility index (Phi) is 5.57. The zero-order valence-corrected chi connectivity index (χ0v) is 12.7. The lowest BCUT2D eigenvalue weighted by Crippen LogP contribution is -2.25. The number of benzene rings is 1. The first-order chi connectivity index (χ1) is 8.88. The minimum Gasteiger partial charge on any atom is -0.497 e. The Balaban J connectivity index is 2.72. The molecule has 19 heavy (non-hydrogen) atoms. The Morgan fingerprint density at radius 2 is 1.84 bits per heavy atom. The lowest BCUT2D eigenvalue weighted by Gasteiger charge is -2.22. The molecule has 0 saturated carbocycles. The normalized spacial score (nSPS) is 11.2. The van der Waals surface area contributed by atoms with E-state index < -0.39 is 0 Å². The van der Waals surface area contributed by atoms with Gasteiger partial charge in [0.25, 0.3) is 0 Å². The molecule has 0 aromatic heterocycles. The first-order valence-electron chi connectivity index (χ1n) is 6.05. The van der Waals surface area contributed by atoms with E-state index >= 15 is 0 Å². The third kappa shape index (κ3) is 5.04. The zero-order chi connectivity index (χ0) is 14.5. The number of ether oxygens (including phenoxy) is 3. The standard InChI is InChI=1S/C14H21NO3S/c1-14(2,17-4)5-6-18-12-8-10(13(15)19)7-11(9-12)16-3/h7-9H,5-6H2,1-4H3,(H2,15,19). The van der Waals surface area contributed by atoms with Crippen molar-refractivity contribution in [3.8, 4) is 11.5 Å². The SMILES string of the molecule is COc1cc(OCCC(C)(C)OC)cc(C(N)=S)c1. The molecular weight excluding hydrogens is 262 g/mol. The molecule has 2 N–H and O–H groups in total. The molecule has 0 unspecified atom stereocenters. The van der Waals surface area contributed by atoms with Crippen LogP contribution in [0.4, 0.5) is 0 Å². The summed E-state index contributed by atoms with van der Waals surface area (Å²) in [6, 6.07) is 5.40. The number of methoxy groups -OCH3 is 2. The lowest BCUT2D eigenvalue weighted by atomic mass is 10.1. The summed E-state index contributed by atoms with van der Waals surface area (Å²) >= 11 is 4.97. The number of hydrogen-bond acceptors (Lipinski definition) is 4. The summed E-state index contributed by atoms with van der Waals surface area (Å²) in [5.74, 6) is 1.36. The summed E-state index contributed by atoms with van der Waals surface area (Å²) in [5.41, 5.74) is 6.15. The molecule has 0 aliphatic rings. The number of rotatable bonds is 7. The molecule has 0 fully saturated rings. The Hall–Kier alpha value is -1.33. The molecule has 1 aromatic rings. The Morgan fingerprint density at radius 3 is 2.37 bits per heavy atom. The molecule has 0 atom stereocenters. The molecule has 0 amide bonds. The van der Waals surface area contributed by atoms with Crippen LogP contribution in [0.25, 0.3) is 0 Å². The van der Waals surface area contributed by atoms with Crippen LogP contribution in [0.5, 0.6) is 11.5 Å². The van der Waals surface area contributed by atoms with E-state index in [4.69, 9.17) is 32.2 Å². The predicted octanol–water partition coefficient (Wildman–Crippen LogP) is 2.52. The zero-order valence-electron chi connectivity index (χ0n) is 11.9. The Bertz CT molecular complexity index is 446. The minimum absolute atomic E-state index is 0.204. The van der Waals surface area contributed by atoms with Crippen LogP contribution in [-0.4, -0.2) is 31.4 Å². The molecule has 1 rings (SSSR count). The molecule has 5 heteroatoms. The average Bonchev–Trinajstić information content (AvgIpc) is 2.38. The van der Waals surface area contributed by atoms with Gasteiger partial charge in [-0.05, 0) is 26.0 Å². The summed E-state index contributed by atoms with van der Waals surface area (Å²) < 4.78 is 16.2. The average molecular weight is 283 g/mol. The minimum atomic E-state index is -0.204. The summed E-state index contributed by atoms with van der Waals surface area (Å²) in [6.07, 6.45) is 0.781. The highest BCUT2D eigenvalue weighted by atomic mass is 32.1. The van der Waals surface area contributed by atoms with Gasteiger partial charge in [-0.15, -0.1) is 0 Å². The van der Waals surface area contributed by atoms with E-state index in [0.29, 0.717) is 23.1 Å². The topological polar surface area (TPSA) is 53.7 Å². The van der Waals surface area contributed by atoms with E-state index in [-0.39, 0.29) is 5.60 Å². The van der Waals surface area contributed by atoms with Crippen molar-refractivity contribution in [1.29, 1.82) is 0 Å². The van der Waals surface area contributed by atoms with E-state index in [1.54, 1.807) is 20.3 Å². The highest BCUT2D eigenvalue weighted by molar-refractivity contribution is 7.80. The van der Waals surface area contributed by atoms with Gasteiger partial charge in [-0.25, -0.2) is 0 Å². The monoisotopic (exact) mass is 283 g/mol. The van der Waals surface area contributed by atoms with Gasteiger partial charge in [-0.1, -0.05) is 12.2 Å². The van der Waals surface area contributed by atoms with E-state index in [2.05, 4.69) is 0 Å². The van der Waals surface area contributed by atoms with E-state index in [1.165, 1.54) is 0 Å². The third-order valence-electron chi connectivity index (χ3n) is 2.93. The second kappa shape index (κ2) is 6.73. The molecule has 4 nitrogen and oxygen atoms in total. The van der Waals surface area contributed by atoms with Crippen molar-refractivity contribution in [2.75, 3.05) is 20.8 Å². The van der Waals surface area contributed by atoms with Crippen LogP contribution in [0.1, 0.15) is 25.8 Å². The van der Waals surface area contributed by atoms with Crippen LogP contribution in [0.3, 0.4) is 0 Å². The maximum Gasteiger partial charge on any atom is 0.123 e. The van der Waals surface area contributed by atoms with Gasteiger partial charge < -0.3 is 19.9 Å². The van der Waals surface area contributed by atoms with E-state index in [1.807, 2.05) is 26.0 Å². The highest BCUT2D eigenvalue weighted by Crippen LogP contribution is 2.23. The van der Waals surface area contributed by atoms with E-state index in [0.717, 1.165) is 12.0 Å². The largest absolute Gasteiger partial charge is 0.497 e. The maximum atomic E-state index is 5.70. The van der Waals surface area contributed by atoms with Crippen molar-refractivity contribution in [3.63, 3.8) is 0 Å². The molecule has 0 bridgehead atoms. The van der Waals surface area contributed by atoms with Crippen molar-refractivity contribution in [1.82, 2.24) is 0 Å². The highest BCUT2D eigenvalue weighted by Gasteiger charge is 2.16. The summed E-state index contributed by atoms with van der Waals surface area (Å²) in [6.45, 7) is 4.58. The van der Waals surface area contributed by atoms with Crippen LogP contribution in [0.15, 0.2) is 18.2 Å². The Morgan fingerprint density at radius 1 is 1.21 bits per heavy atom. The van der Waals surface area contributed by atoms with Crippen molar-refractivity contribution in [3.05, 3.63) is 23.8 Å². The molecule has 0 spiro atoms. The van der Waals surface area contributed by atoms with Crippen molar-refractivity contribution >= 4 is 17.2 Å². The molecule has 0 heterocycles. The molecule has 0 radical (unpaired) electrons. The van der Waals surface area contributed by atoms with Gasteiger partial charge in [0.05, 0.1) is 19.3 Å². The van der Waals surface area contributed by atoms with Crippen molar-refractivity contribution in [2.45, 2.75) is 25.9 Å². The smallest absolute Gasteiger partial charge is 0.123 e. The van der Waals surface area contributed by atoms with E-state index in [9.17, 15) is 0 Å². The van der Waals surface area contributed by atoms with Gasteiger partial charge in [0.1, 0.15) is 16.5 Å². The third-order valence-corrected chi connectivity index (χ3v) is 3.16. The van der Waals surface area contributed by atoms with Crippen LogP contribution in [0, 0.1) is 0 Å². The van der Waals surface area contributed by atoms with Gasteiger partial charge in [-0.2, -0.15) is 0 Å². The lowest BCUT2D eigenvalue weighted by molar-refractivity contribution is 0.00545. The molecule has 0 aliphatic carbocycles. The molecule has 106 valence electrons. The van der Waals surface area contributed by atoms with Gasteiger partial charge in [0.15, 0.2) is 0 Å². The Labute approximate surface area is 119 Å². The van der Waals surface area contributed by atoms with Crippen LogP contribution in [0.2, 0.25) is 0 Å². The van der Waals surface area contributed by atoms with Crippen molar-refractivity contribution < 1.29 is 14.2 Å². The molecule has 1 aromatic carbocycles. The summed E-state index contributed by atoms with van der Waals surface area (Å²) in [5, 5.41) is 0. The fourth-order valence-electron chi connectivity index (χ4n) is 1.43. The number of thiocarbonyl (C=S) groups is 1. The first kappa shape index (κ1) is 15.7. The second-order valence-corrected chi connectivity index (χ2v) is 5.26. The second-order valence-electron chi connectivity index (χ2n) is 4.82. The van der Waals surface area contributed by atoms with Crippen molar-refractivity contribution in [2.24, 2.45) is 5.73 Å². The fourth-order valence-corrected chi connectivity index (χ4v) is 1.55. The molecule has 0 saturated heterocycles. The summed E-state index contributed by atoms with van der Waals surface area (Å²) in [7, 11) is 3.28. The molecule has 0 aliphatic heterocycles. The van der Waals surface area contributed by atoms with Crippen LogP contribution >= 0.6 is 12.2 Å². The van der Waals surface area contributed by atoms with Gasteiger partial charge >= 0.3 is 0 Å². The van der Waals surface area contributed by atoms with Crippen LogP contribution in [-0.2, 0) is 4.74 Å². The number of nitrogens with two attached hydrogens (primary N) is 1. The predicted molar refractivity (Wildman–Crippen MR) is 80.1 cm³/mol. The fraction of sp³-hybridized carbons (Fsp3) is 0.500. The first-order valence-corrected chi connectivity index (χ1v) is 6.45. The number of hydrogen-bond donors (Lipinski definition) is 1. The van der Waals surface area contributed by atoms with Gasteiger partial charge in [0.2, 0.25) is 0 Å². The quantitative estimate of drug-likeness (QED) is 0.779. The molecular formula is C14H21NO3S. The van der Waals surface area contributed by atoms with Gasteiger partial charge in [0, 0.05) is 25.2 Å².